The van der Waals surface area contributed by atoms with E-state index in [0.717, 1.165) is 6.07 Å². The van der Waals surface area contributed by atoms with Gasteiger partial charge in [-0.2, -0.15) is 0 Å². The zero-order valence-corrected chi connectivity index (χ0v) is 12.6. The Kier molecular flexibility index (Phi) is 6.19. The lowest BCUT2D eigenvalue weighted by molar-refractivity contribution is -0.384. The fourth-order valence-corrected chi connectivity index (χ4v) is 1.51. The molecule has 1 rings (SSSR count). The standard InChI is InChI=1S/C11H9Cl3N2O5/c12-11(13,14)6-21-10(18)15-9(5-17)7-2-1-3-8(4-7)16(19)20/h1-5,9H,6H2,(H,15,18). The smallest absolute Gasteiger partial charge is 0.408 e. The number of carbonyl (C=O) groups is 2. The highest BCUT2D eigenvalue weighted by Gasteiger charge is 2.23. The van der Waals surface area contributed by atoms with E-state index in [1.807, 2.05) is 0 Å². The van der Waals surface area contributed by atoms with E-state index in [1.54, 1.807) is 0 Å². The zero-order valence-electron chi connectivity index (χ0n) is 10.3. The molecule has 1 atom stereocenters. The number of hydrogen-bond donors (Lipinski definition) is 1. The van der Waals surface area contributed by atoms with Crippen molar-refractivity contribution >= 4 is 52.9 Å². The average Bonchev–Trinajstić information content (AvgIpc) is 2.42. The summed E-state index contributed by atoms with van der Waals surface area (Å²) in [6.07, 6.45) is -0.597. The number of benzene rings is 1. The van der Waals surface area contributed by atoms with Gasteiger partial charge in [0.05, 0.1) is 4.92 Å². The molecule has 1 aromatic carbocycles. The number of halogens is 3. The third-order valence-corrected chi connectivity index (χ3v) is 2.54. The number of ether oxygens (including phenoxy) is 1. The first-order valence-corrected chi connectivity index (χ1v) is 6.56. The van der Waals surface area contributed by atoms with E-state index in [2.05, 4.69) is 10.1 Å². The van der Waals surface area contributed by atoms with E-state index in [9.17, 15) is 19.7 Å². The second-order valence-corrected chi connectivity index (χ2v) is 6.32. The molecule has 0 spiro atoms. The summed E-state index contributed by atoms with van der Waals surface area (Å²) in [6, 6.07) is 4.13. The van der Waals surface area contributed by atoms with E-state index >= 15 is 0 Å². The van der Waals surface area contributed by atoms with Gasteiger partial charge in [0.1, 0.15) is 18.9 Å². The van der Waals surface area contributed by atoms with Crippen LogP contribution in [0.15, 0.2) is 24.3 Å². The number of carbonyl (C=O) groups excluding carboxylic acids is 2. The van der Waals surface area contributed by atoms with Crippen LogP contribution >= 0.6 is 34.8 Å². The maximum atomic E-state index is 11.4. The van der Waals surface area contributed by atoms with Gasteiger partial charge in [0.2, 0.25) is 3.79 Å². The van der Waals surface area contributed by atoms with Crippen molar-refractivity contribution in [3.05, 3.63) is 39.9 Å². The second-order valence-electron chi connectivity index (χ2n) is 3.80. The summed E-state index contributed by atoms with van der Waals surface area (Å²) >= 11 is 16.2. The molecule has 1 amide bonds. The average molecular weight is 356 g/mol. The largest absolute Gasteiger partial charge is 0.445 e. The highest BCUT2D eigenvalue weighted by Crippen LogP contribution is 2.26. The minimum Gasteiger partial charge on any atom is -0.445 e. The van der Waals surface area contributed by atoms with Gasteiger partial charge in [-0.25, -0.2) is 4.79 Å². The third-order valence-electron chi connectivity index (χ3n) is 2.22. The van der Waals surface area contributed by atoms with Gasteiger partial charge in [-0.3, -0.25) is 10.1 Å². The molecule has 21 heavy (non-hydrogen) atoms. The Morgan fingerprint density at radius 2 is 2.14 bits per heavy atom. The van der Waals surface area contributed by atoms with Gasteiger partial charge in [0, 0.05) is 12.1 Å². The molecule has 0 aromatic heterocycles. The van der Waals surface area contributed by atoms with Crippen molar-refractivity contribution in [3.8, 4) is 0 Å². The van der Waals surface area contributed by atoms with Gasteiger partial charge in [0.25, 0.3) is 5.69 Å². The van der Waals surface area contributed by atoms with Crippen LogP contribution in [0.3, 0.4) is 0 Å². The van der Waals surface area contributed by atoms with Crippen molar-refractivity contribution in [1.29, 1.82) is 0 Å². The summed E-state index contributed by atoms with van der Waals surface area (Å²) in [6.45, 7) is -0.510. The van der Waals surface area contributed by atoms with Crippen molar-refractivity contribution in [2.24, 2.45) is 0 Å². The molecule has 0 saturated heterocycles. The van der Waals surface area contributed by atoms with Gasteiger partial charge in [-0.05, 0) is 5.56 Å². The normalized spacial score (nSPS) is 12.3. The molecule has 114 valence electrons. The number of hydrogen-bond acceptors (Lipinski definition) is 5. The van der Waals surface area contributed by atoms with Crippen LogP contribution in [-0.4, -0.2) is 27.7 Å². The Labute approximate surface area is 134 Å². The first-order valence-electron chi connectivity index (χ1n) is 5.42. The van der Waals surface area contributed by atoms with Gasteiger partial charge in [-0.1, -0.05) is 46.9 Å². The van der Waals surface area contributed by atoms with E-state index in [4.69, 9.17) is 34.8 Å². The molecular weight excluding hydrogens is 346 g/mol. The Hall–Kier alpha value is -1.57. The van der Waals surface area contributed by atoms with Crippen LogP contribution in [0.5, 0.6) is 0 Å². The quantitative estimate of drug-likeness (QED) is 0.379. The van der Waals surface area contributed by atoms with Crippen molar-refractivity contribution in [1.82, 2.24) is 5.32 Å². The second kappa shape index (κ2) is 7.44. The van der Waals surface area contributed by atoms with Crippen LogP contribution in [0.4, 0.5) is 10.5 Å². The van der Waals surface area contributed by atoms with Crippen LogP contribution in [0.25, 0.3) is 0 Å². The fourth-order valence-electron chi connectivity index (χ4n) is 1.34. The molecular formula is C11H9Cl3N2O5. The van der Waals surface area contributed by atoms with Crippen molar-refractivity contribution < 1.29 is 19.2 Å². The van der Waals surface area contributed by atoms with E-state index in [0.29, 0.717) is 6.29 Å². The molecule has 0 saturated carbocycles. The number of non-ortho nitro benzene ring substituents is 1. The van der Waals surface area contributed by atoms with E-state index < -0.39 is 27.5 Å². The maximum Gasteiger partial charge on any atom is 0.408 e. The number of nitrogens with zero attached hydrogens (tertiary/aromatic N) is 1. The van der Waals surface area contributed by atoms with Gasteiger partial charge in [0.15, 0.2) is 0 Å². The first kappa shape index (κ1) is 17.5. The number of alkyl halides is 3. The lowest BCUT2D eigenvalue weighted by atomic mass is 10.1. The highest BCUT2D eigenvalue weighted by molar-refractivity contribution is 6.67. The zero-order chi connectivity index (χ0) is 16.0. The molecule has 7 nitrogen and oxygen atoms in total. The Bertz CT molecular complexity index is 547. The van der Waals surface area contributed by atoms with Gasteiger partial charge < -0.3 is 14.8 Å². The predicted octanol–water partition coefficient (Wildman–Crippen LogP) is 2.93. The van der Waals surface area contributed by atoms with Gasteiger partial charge in [-0.15, -0.1) is 0 Å². The summed E-state index contributed by atoms with van der Waals surface area (Å²) < 4.78 is 2.82. The Morgan fingerprint density at radius 1 is 1.48 bits per heavy atom. The molecule has 0 aliphatic carbocycles. The molecule has 0 fully saturated rings. The summed E-state index contributed by atoms with van der Waals surface area (Å²) in [5, 5.41) is 12.9. The molecule has 1 unspecified atom stereocenters. The molecule has 0 radical (unpaired) electrons. The number of alkyl carbamates (subject to hydrolysis) is 1. The SMILES string of the molecule is O=CC(NC(=O)OCC(Cl)(Cl)Cl)c1cccc([N+](=O)[O-])c1. The molecule has 0 aliphatic heterocycles. The summed E-state index contributed by atoms with van der Waals surface area (Å²) in [5.74, 6) is 0. The van der Waals surface area contributed by atoms with Crippen molar-refractivity contribution in [2.75, 3.05) is 6.61 Å². The number of rotatable bonds is 5. The third kappa shape index (κ3) is 6.16. The minimum absolute atomic E-state index is 0.212. The van der Waals surface area contributed by atoms with E-state index in [1.165, 1.54) is 18.2 Å². The Morgan fingerprint density at radius 3 is 2.67 bits per heavy atom. The lowest BCUT2D eigenvalue weighted by Gasteiger charge is -2.15. The molecule has 0 bridgehead atoms. The van der Waals surface area contributed by atoms with Crippen LogP contribution in [-0.2, 0) is 9.53 Å². The summed E-state index contributed by atoms with van der Waals surface area (Å²) in [5.41, 5.74) is 0.0147. The molecule has 1 aromatic rings. The van der Waals surface area contributed by atoms with Gasteiger partial charge >= 0.3 is 6.09 Å². The minimum atomic E-state index is -1.78. The molecule has 1 N–H and O–H groups in total. The number of nitro benzene ring substituents is 1. The van der Waals surface area contributed by atoms with Crippen LogP contribution < -0.4 is 5.32 Å². The molecule has 10 heteroatoms. The van der Waals surface area contributed by atoms with Crippen LogP contribution in [0.2, 0.25) is 0 Å². The number of nitro groups is 1. The topological polar surface area (TPSA) is 98.5 Å². The number of amides is 1. The maximum absolute atomic E-state index is 11.4. The molecule has 0 aliphatic rings. The van der Waals surface area contributed by atoms with Crippen molar-refractivity contribution in [3.63, 3.8) is 0 Å². The number of aldehydes is 1. The number of nitrogens with one attached hydrogen (secondary N) is 1. The lowest BCUT2D eigenvalue weighted by Crippen LogP contribution is -2.32. The van der Waals surface area contributed by atoms with Crippen LogP contribution in [0, 0.1) is 10.1 Å². The first-order chi connectivity index (χ1) is 9.73. The summed E-state index contributed by atoms with van der Waals surface area (Å²) in [7, 11) is 0. The fraction of sp³-hybridized carbons (Fsp3) is 0.273. The van der Waals surface area contributed by atoms with Crippen molar-refractivity contribution in [2.45, 2.75) is 9.83 Å². The highest BCUT2D eigenvalue weighted by atomic mass is 35.6. The monoisotopic (exact) mass is 354 g/mol. The molecule has 0 heterocycles. The van der Waals surface area contributed by atoms with E-state index in [-0.39, 0.29) is 11.3 Å². The Balaban J connectivity index is 2.75. The summed E-state index contributed by atoms with van der Waals surface area (Å²) in [4.78, 5) is 32.5. The predicted molar refractivity (Wildman–Crippen MR) is 76.7 cm³/mol. The van der Waals surface area contributed by atoms with Crippen LogP contribution in [0.1, 0.15) is 11.6 Å².